The van der Waals surface area contributed by atoms with Crippen LogP contribution in [-0.2, 0) is 6.54 Å². The first kappa shape index (κ1) is 15.0. The van der Waals surface area contributed by atoms with E-state index in [2.05, 4.69) is 64.3 Å². The van der Waals surface area contributed by atoms with Crippen LogP contribution in [0, 0.1) is 5.92 Å². The van der Waals surface area contributed by atoms with E-state index < -0.39 is 0 Å². The van der Waals surface area contributed by atoms with Gasteiger partial charge in [0.25, 0.3) is 0 Å². The van der Waals surface area contributed by atoms with Crippen molar-refractivity contribution in [1.82, 2.24) is 10.2 Å². The van der Waals surface area contributed by atoms with Gasteiger partial charge in [0.05, 0.1) is 0 Å². The number of hydrogen-bond donors (Lipinski definition) is 1. The van der Waals surface area contributed by atoms with E-state index >= 15 is 0 Å². The van der Waals surface area contributed by atoms with Crippen molar-refractivity contribution in [3.63, 3.8) is 0 Å². The van der Waals surface area contributed by atoms with E-state index in [1.165, 1.54) is 36.0 Å². The van der Waals surface area contributed by atoms with Crippen molar-refractivity contribution >= 4 is 15.9 Å². The van der Waals surface area contributed by atoms with Crippen LogP contribution in [0.15, 0.2) is 28.7 Å². The number of rotatable bonds is 4. The quantitative estimate of drug-likeness (QED) is 0.909. The maximum atomic E-state index is 3.69. The van der Waals surface area contributed by atoms with Gasteiger partial charge in [-0.05, 0) is 49.5 Å². The molecule has 1 N–H and O–H groups in total. The molecule has 2 nitrogen and oxygen atoms in total. The molecule has 1 aliphatic heterocycles. The molecule has 1 heterocycles. The summed E-state index contributed by atoms with van der Waals surface area (Å²) in [6, 6.07) is 9.32. The normalized spacial score (nSPS) is 21.6. The number of hydrogen-bond acceptors (Lipinski definition) is 2. The van der Waals surface area contributed by atoms with Gasteiger partial charge in [-0.2, -0.15) is 0 Å². The van der Waals surface area contributed by atoms with Crippen molar-refractivity contribution in [3.8, 4) is 0 Å². The average Bonchev–Trinajstić information content (AvgIpc) is 2.53. The molecule has 0 bridgehead atoms. The third kappa shape index (κ3) is 5.25. The van der Waals surface area contributed by atoms with Gasteiger partial charge in [0.15, 0.2) is 0 Å². The predicted molar refractivity (Wildman–Crippen MR) is 85.3 cm³/mol. The molecule has 19 heavy (non-hydrogen) atoms. The van der Waals surface area contributed by atoms with Gasteiger partial charge in [0, 0.05) is 23.6 Å². The van der Waals surface area contributed by atoms with Crippen LogP contribution in [0.1, 0.15) is 32.3 Å². The lowest BCUT2D eigenvalue weighted by Gasteiger charge is -2.25. The van der Waals surface area contributed by atoms with E-state index in [1.807, 2.05) is 0 Å². The Morgan fingerprint density at radius 2 is 2.26 bits per heavy atom. The Labute approximate surface area is 125 Å². The lowest BCUT2D eigenvalue weighted by molar-refractivity contribution is 0.247. The molecule has 3 heteroatoms. The zero-order valence-corrected chi connectivity index (χ0v) is 13.6. The van der Waals surface area contributed by atoms with E-state index in [-0.39, 0.29) is 0 Å². The van der Waals surface area contributed by atoms with Crippen molar-refractivity contribution in [2.75, 3.05) is 19.6 Å². The highest BCUT2D eigenvalue weighted by Crippen LogP contribution is 2.16. The molecule has 1 saturated heterocycles. The van der Waals surface area contributed by atoms with Crippen molar-refractivity contribution in [2.45, 2.75) is 39.3 Å². The highest BCUT2D eigenvalue weighted by Gasteiger charge is 2.18. The van der Waals surface area contributed by atoms with Gasteiger partial charge in [0.1, 0.15) is 0 Å². The van der Waals surface area contributed by atoms with Crippen molar-refractivity contribution in [2.24, 2.45) is 5.92 Å². The van der Waals surface area contributed by atoms with Gasteiger partial charge < -0.3 is 5.32 Å². The molecule has 1 unspecified atom stereocenters. The Balaban J connectivity index is 1.94. The molecule has 0 radical (unpaired) electrons. The molecule has 1 aromatic carbocycles. The molecule has 0 saturated carbocycles. The highest BCUT2D eigenvalue weighted by atomic mass is 79.9. The van der Waals surface area contributed by atoms with Crippen LogP contribution in [0.5, 0.6) is 0 Å². The van der Waals surface area contributed by atoms with Crippen molar-refractivity contribution in [3.05, 3.63) is 34.3 Å². The molecule has 0 aromatic heterocycles. The number of nitrogens with one attached hydrogen (secondary N) is 1. The van der Waals surface area contributed by atoms with Crippen LogP contribution >= 0.6 is 15.9 Å². The standard InChI is InChI=1S/C16H25BrN2/c1-13(2)9-16-12-19(8-4-7-18-16)11-14-5-3-6-15(17)10-14/h3,5-6,10,13,16,18H,4,7-9,11-12H2,1-2H3. The smallest absolute Gasteiger partial charge is 0.0234 e. The summed E-state index contributed by atoms with van der Waals surface area (Å²) >= 11 is 3.56. The van der Waals surface area contributed by atoms with Gasteiger partial charge in [-0.1, -0.05) is 41.9 Å². The summed E-state index contributed by atoms with van der Waals surface area (Å²) < 4.78 is 1.18. The molecule has 1 aliphatic rings. The molecular formula is C16H25BrN2. The Bertz CT molecular complexity index is 392. The van der Waals surface area contributed by atoms with Crippen LogP contribution in [0.2, 0.25) is 0 Å². The molecule has 2 rings (SSSR count). The van der Waals surface area contributed by atoms with Gasteiger partial charge in [-0.25, -0.2) is 0 Å². The molecule has 0 spiro atoms. The van der Waals surface area contributed by atoms with E-state index in [0.717, 1.165) is 19.0 Å². The van der Waals surface area contributed by atoms with Gasteiger partial charge in [0.2, 0.25) is 0 Å². The Kier molecular flexibility index (Phi) is 5.86. The van der Waals surface area contributed by atoms with E-state index in [4.69, 9.17) is 0 Å². The SMILES string of the molecule is CC(C)CC1CN(Cc2cccc(Br)c2)CCCN1. The van der Waals surface area contributed by atoms with Crippen molar-refractivity contribution < 1.29 is 0 Å². The Morgan fingerprint density at radius 3 is 3.00 bits per heavy atom. The summed E-state index contributed by atoms with van der Waals surface area (Å²) in [6.07, 6.45) is 2.53. The van der Waals surface area contributed by atoms with Crippen LogP contribution < -0.4 is 5.32 Å². The van der Waals surface area contributed by atoms with Gasteiger partial charge >= 0.3 is 0 Å². The second-order valence-electron chi connectivity index (χ2n) is 6.00. The highest BCUT2D eigenvalue weighted by molar-refractivity contribution is 9.10. The minimum absolute atomic E-state index is 0.648. The topological polar surface area (TPSA) is 15.3 Å². The van der Waals surface area contributed by atoms with E-state index in [1.54, 1.807) is 0 Å². The largest absolute Gasteiger partial charge is 0.313 e. The van der Waals surface area contributed by atoms with Gasteiger partial charge in [-0.3, -0.25) is 4.90 Å². The summed E-state index contributed by atoms with van der Waals surface area (Å²) in [6.45, 7) is 9.22. The fraction of sp³-hybridized carbons (Fsp3) is 0.625. The molecule has 1 aromatic rings. The van der Waals surface area contributed by atoms with Crippen molar-refractivity contribution in [1.29, 1.82) is 0 Å². The molecule has 0 aliphatic carbocycles. The minimum Gasteiger partial charge on any atom is -0.313 e. The van der Waals surface area contributed by atoms with Crippen LogP contribution in [0.3, 0.4) is 0 Å². The second kappa shape index (κ2) is 7.41. The van der Waals surface area contributed by atoms with Crippen LogP contribution in [0.25, 0.3) is 0 Å². The van der Waals surface area contributed by atoms with Crippen LogP contribution in [-0.4, -0.2) is 30.6 Å². The maximum absolute atomic E-state index is 3.69. The fourth-order valence-corrected chi connectivity index (χ4v) is 3.29. The summed E-state index contributed by atoms with van der Waals surface area (Å²) in [7, 11) is 0. The Morgan fingerprint density at radius 1 is 1.42 bits per heavy atom. The zero-order valence-electron chi connectivity index (χ0n) is 12.0. The third-order valence-corrected chi connectivity index (χ3v) is 4.11. The summed E-state index contributed by atoms with van der Waals surface area (Å²) in [5, 5.41) is 3.69. The summed E-state index contributed by atoms with van der Waals surface area (Å²) in [5.41, 5.74) is 1.40. The number of benzene rings is 1. The first-order valence-corrected chi connectivity index (χ1v) is 8.13. The summed E-state index contributed by atoms with van der Waals surface area (Å²) in [4.78, 5) is 2.59. The fourth-order valence-electron chi connectivity index (χ4n) is 2.84. The summed E-state index contributed by atoms with van der Waals surface area (Å²) in [5.74, 6) is 0.767. The first-order valence-electron chi connectivity index (χ1n) is 7.33. The van der Waals surface area contributed by atoms with Crippen LogP contribution in [0.4, 0.5) is 0 Å². The van der Waals surface area contributed by atoms with Gasteiger partial charge in [-0.15, -0.1) is 0 Å². The molecule has 1 atom stereocenters. The number of nitrogens with zero attached hydrogens (tertiary/aromatic N) is 1. The first-order chi connectivity index (χ1) is 9.13. The average molecular weight is 325 g/mol. The lowest BCUT2D eigenvalue weighted by atomic mass is 10.0. The molecule has 0 amide bonds. The molecular weight excluding hydrogens is 300 g/mol. The minimum atomic E-state index is 0.648. The maximum Gasteiger partial charge on any atom is 0.0234 e. The predicted octanol–water partition coefficient (Wildman–Crippen LogP) is 3.66. The number of halogens is 1. The van der Waals surface area contributed by atoms with E-state index in [0.29, 0.717) is 6.04 Å². The Hall–Kier alpha value is -0.380. The van der Waals surface area contributed by atoms with E-state index in [9.17, 15) is 0 Å². The third-order valence-electron chi connectivity index (χ3n) is 3.61. The lowest BCUT2D eigenvalue weighted by Crippen LogP contribution is -2.38. The monoisotopic (exact) mass is 324 g/mol. The molecule has 106 valence electrons. The zero-order chi connectivity index (χ0) is 13.7. The molecule has 1 fully saturated rings. The second-order valence-corrected chi connectivity index (χ2v) is 6.91.